The van der Waals surface area contributed by atoms with Gasteiger partial charge in [0.2, 0.25) is 17.7 Å². The summed E-state index contributed by atoms with van der Waals surface area (Å²) < 4.78 is 16.2. The topological polar surface area (TPSA) is 135 Å². The summed E-state index contributed by atoms with van der Waals surface area (Å²) in [5, 5.41) is 8.59. The molecular formula is C28H42N4O7. The molecule has 3 heterocycles. The van der Waals surface area contributed by atoms with Crippen molar-refractivity contribution in [2.45, 2.75) is 51.6 Å². The summed E-state index contributed by atoms with van der Waals surface area (Å²) in [6.07, 6.45) is 2.41. The quantitative estimate of drug-likeness (QED) is 0.408. The van der Waals surface area contributed by atoms with Gasteiger partial charge in [-0.15, -0.1) is 0 Å². The lowest BCUT2D eigenvalue weighted by Crippen LogP contribution is -2.55. The van der Waals surface area contributed by atoms with Crippen molar-refractivity contribution in [2.24, 2.45) is 11.8 Å². The van der Waals surface area contributed by atoms with Crippen LogP contribution in [-0.4, -0.2) is 93.8 Å². The summed E-state index contributed by atoms with van der Waals surface area (Å²) in [4.78, 5) is 54.0. The van der Waals surface area contributed by atoms with Crippen LogP contribution < -0.4 is 20.7 Å². The molecule has 11 nitrogen and oxygen atoms in total. The van der Waals surface area contributed by atoms with Gasteiger partial charge in [-0.25, -0.2) is 0 Å². The van der Waals surface area contributed by atoms with Gasteiger partial charge < -0.3 is 35.1 Å². The fourth-order valence-electron chi connectivity index (χ4n) is 4.67. The van der Waals surface area contributed by atoms with Crippen LogP contribution in [0.2, 0.25) is 0 Å². The molecule has 3 N–H and O–H groups in total. The van der Waals surface area contributed by atoms with E-state index < -0.39 is 23.9 Å². The summed E-state index contributed by atoms with van der Waals surface area (Å²) in [5.41, 5.74) is 0.815. The molecule has 0 spiro atoms. The molecule has 0 radical (unpaired) electrons. The Labute approximate surface area is 230 Å². The number of rotatable bonds is 8. The summed E-state index contributed by atoms with van der Waals surface area (Å²) in [7, 11) is 1.51. The maximum absolute atomic E-state index is 13.5. The number of hydrogen-bond acceptors (Lipinski definition) is 7. The Bertz CT molecular complexity index is 963. The lowest BCUT2D eigenvalue weighted by molar-refractivity contribution is -0.141. The van der Waals surface area contributed by atoms with Gasteiger partial charge in [0.05, 0.1) is 13.2 Å². The second-order valence-corrected chi connectivity index (χ2v) is 10.6. The Morgan fingerprint density at radius 1 is 1.10 bits per heavy atom. The second kappa shape index (κ2) is 15.4. The van der Waals surface area contributed by atoms with Crippen LogP contribution in [0.3, 0.4) is 0 Å². The normalized spacial score (nSPS) is 21.8. The number of ether oxygens (including phenoxy) is 3. The maximum atomic E-state index is 13.5. The summed E-state index contributed by atoms with van der Waals surface area (Å²) >= 11 is 0. The van der Waals surface area contributed by atoms with Crippen LogP contribution in [0.1, 0.15) is 38.7 Å². The summed E-state index contributed by atoms with van der Waals surface area (Å²) in [5.74, 6) is -0.637. The molecular weight excluding hydrogens is 504 g/mol. The van der Waals surface area contributed by atoms with Crippen molar-refractivity contribution in [1.29, 1.82) is 0 Å². The number of amides is 4. The van der Waals surface area contributed by atoms with Crippen LogP contribution in [0.5, 0.6) is 5.75 Å². The number of fused-ring (bicyclic) bond motifs is 13. The lowest BCUT2D eigenvalue weighted by atomic mass is 9.99. The zero-order valence-corrected chi connectivity index (χ0v) is 23.2. The van der Waals surface area contributed by atoms with Gasteiger partial charge in [0.25, 0.3) is 5.91 Å². The molecule has 0 aliphatic carbocycles. The first-order valence-corrected chi connectivity index (χ1v) is 13.7. The first kappa shape index (κ1) is 30.4. The highest BCUT2D eigenvalue weighted by Gasteiger charge is 2.30. The highest BCUT2D eigenvalue weighted by atomic mass is 16.5. The van der Waals surface area contributed by atoms with Crippen molar-refractivity contribution in [3.63, 3.8) is 0 Å². The van der Waals surface area contributed by atoms with Crippen molar-refractivity contribution in [3.8, 4) is 5.75 Å². The Morgan fingerprint density at radius 2 is 1.82 bits per heavy atom. The van der Waals surface area contributed by atoms with E-state index in [4.69, 9.17) is 14.2 Å². The lowest BCUT2D eigenvalue weighted by Gasteiger charge is -2.29. The number of hydrogen-bond donors (Lipinski definition) is 3. The van der Waals surface area contributed by atoms with Gasteiger partial charge in [-0.1, -0.05) is 26.0 Å². The average molecular weight is 547 g/mol. The van der Waals surface area contributed by atoms with E-state index in [2.05, 4.69) is 16.0 Å². The van der Waals surface area contributed by atoms with Gasteiger partial charge >= 0.3 is 0 Å². The van der Waals surface area contributed by atoms with Crippen molar-refractivity contribution < 1.29 is 33.4 Å². The molecule has 2 atom stereocenters. The zero-order chi connectivity index (χ0) is 28.2. The van der Waals surface area contributed by atoms with Gasteiger partial charge in [0, 0.05) is 39.8 Å². The van der Waals surface area contributed by atoms with Crippen LogP contribution in [0, 0.1) is 11.8 Å². The molecule has 216 valence electrons. The van der Waals surface area contributed by atoms with Crippen LogP contribution in [0.15, 0.2) is 24.3 Å². The van der Waals surface area contributed by atoms with E-state index in [1.54, 1.807) is 24.3 Å². The van der Waals surface area contributed by atoms with Gasteiger partial charge in [-0.05, 0) is 48.8 Å². The van der Waals surface area contributed by atoms with E-state index >= 15 is 0 Å². The molecule has 1 aromatic carbocycles. The maximum Gasteiger partial charge on any atom is 0.258 e. The zero-order valence-electron chi connectivity index (χ0n) is 23.2. The third kappa shape index (κ3) is 10.1. The molecule has 3 aliphatic heterocycles. The average Bonchev–Trinajstić information content (AvgIpc) is 2.92. The molecule has 1 saturated heterocycles. The van der Waals surface area contributed by atoms with Gasteiger partial charge in [0.15, 0.2) is 6.61 Å². The standard InChI is InChI=1S/C28H42N4O7/c1-19(2)14-24-28(36)32(10-13-37-3)17-25(33)30-23(27(35)29-16-21-8-11-38-12-9-21)15-20-4-6-22(7-5-20)39-18-26(34)31-24/h4-7,19,21,23-24H,8-18H2,1-3H3,(H,29,35)(H,30,33)(H,31,34)/t23-,24+/m1/s1. The molecule has 39 heavy (non-hydrogen) atoms. The Kier molecular flexibility index (Phi) is 12.0. The monoisotopic (exact) mass is 546 g/mol. The van der Waals surface area contributed by atoms with Crippen molar-refractivity contribution >= 4 is 23.6 Å². The Hall–Kier alpha value is -3.18. The Morgan fingerprint density at radius 3 is 2.49 bits per heavy atom. The molecule has 1 fully saturated rings. The third-order valence-electron chi connectivity index (χ3n) is 6.84. The smallest absolute Gasteiger partial charge is 0.258 e. The highest BCUT2D eigenvalue weighted by molar-refractivity contribution is 5.93. The molecule has 3 aliphatic rings. The number of methoxy groups -OCH3 is 1. The van der Waals surface area contributed by atoms with Crippen LogP contribution in [-0.2, 0) is 35.1 Å². The number of carbonyl (C=O) groups is 4. The molecule has 11 heteroatoms. The molecule has 2 bridgehead atoms. The predicted molar refractivity (Wildman–Crippen MR) is 144 cm³/mol. The van der Waals surface area contributed by atoms with Gasteiger partial charge in [0.1, 0.15) is 17.8 Å². The van der Waals surface area contributed by atoms with Crippen LogP contribution >= 0.6 is 0 Å². The minimum atomic E-state index is -0.834. The first-order chi connectivity index (χ1) is 18.7. The predicted octanol–water partition coefficient (Wildman–Crippen LogP) is 0.655. The number of benzene rings is 1. The number of nitrogens with one attached hydrogen (secondary N) is 3. The minimum Gasteiger partial charge on any atom is -0.484 e. The fourth-order valence-corrected chi connectivity index (χ4v) is 4.67. The molecule has 4 rings (SSSR count). The molecule has 1 aromatic rings. The van der Waals surface area contributed by atoms with E-state index in [0.717, 1.165) is 18.4 Å². The largest absolute Gasteiger partial charge is 0.484 e. The minimum absolute atomic E-state index is 0.111. The van der Waals surface area contributed by atoms with E-state index in [-0.39, 0.29) is 50.5 Å². The molecule has 4 amide bonds. The van der Waals surface area contributed by atoms with E-state index in [1.165, 1.54) is 12.0 Å². The van der Waals surface area contributed by atoms with Crippen molar-refractivity contribution in [2.75, 3.05) is 53.2 Å². The number of nitrogens with zero attached hydrogens (tertiary/aromatic N) is 1. The SMILES string of the molecule is COCCN1CC(=O)N[C@@H](C(=O)NCC2CCOCC2)Cc2ccc(cc2)OCC(=O)N[C@@H](CC(C)C)C1=O. The second-order valence-electron chi connectivity index (χ2n) is 10.6. The summed E-state index contributed by atoms with van der Waals surface area (Å²) in [6, 6.07) is 5.38. The molecule has 0 aromatic heterocycles. The molecule has 0 unspecified atom stereocenters. The van der Waals surface area contributed by atoms with E-state index in [1.807, 2.05) is 13.8 Å². The van der Waals surface area contributed by atoms with Crippen molar-refractivity contribution in [3.05, 3.63) is 29.8 Å². The van der Waals surface area contributed by atoms with Crippen LogP contribution in [0.25, 0.3) is 0 Å². The highest BCUT2D eigenvalue weighted by Crippen LogP contribution is 2.16. The first-order valence-electron chi connectivity index (χ1n) is 13.7. The number of carbonyl (C=O) groups excluding carboxylic acids is 4. The van der Waals surface area contributed by atoms with Crippen molar-refractivity contribution in [1.82, 2.24) is 20.9 Å². The third-order valence-corrected chi connectivity index (χ3v) is 6.84. The summed E-state index contributed by atoms with van der Waals surface area (Å²) in [6.45, 7) is 5.62. The van der Waals surface area contributed by atoms with E-state index in [9.17, 15) is 19.2 Å². The Balaban J connectivity index is 1.83. The van der Waals surface area contributed by atoms with E-state index in [0.29, 0.717) is 37.8 Å². The fraction of sp³-hybridized carbons (Fsp3) is 0.643. The molecule has 0 saturated carbocycles. The van der Waals surface area contributed by atoms with Gasteiger partial charge in [-0.3, -0.25) is 19.2 Å². The van der Waals surface area contributed by atoms with Crippen LogP contribution in [0.4, 0.5) is 0 Å². The van der Waals surface area contributed by atoms with Gasteiger partial charge in [-0.2, -0.15) is 0 Å².